The van der Waals surface area contributed by atoms with Crippen molar-refractivity contribution in [3.05, 3.63) is 34.5 Å². The van der Waals surface area contributed by atoms with E-state index in [1.807, 2.05) is 0 Å². The topological polar surface area (TPSA) is 68.4 Å². The summed E-state index contributed by atoms with van der Waals surface area (Å²) >= 11 is 6.42. The number of nitrogens with zero attached hydrogens (tertiary/aromatic N) is 1. The van der Waals surface area contributed by atoms with E-state index in [9.17, 15) is 4.79 Å². The van der Waals surface area contributed by atoms with Crippen molar-refractivity contribution in [2.24, 2.45) is 5.92 Å². The van der Waals surface area contributed by atoms with Crippen LogP contribution in [0.15, 0.2) is 18.2 Å². The lowest BCUT2D eigenvalue weighted by Crippen LogP contribution is -2.50. The summed E-state index contributed by atoms with van der Waals surface area (Å²) in [6, 6.07) is 6.79. The van der Waals surface area contributed by atoms with E-state index in [0.29, 0.717) is 24.4 Å². The van der Waals surface area contributed by atoms with E-state index in [2.05, 4.69) is 40.4 Å². The first-order chi connectivity index (χ1) is 11.0. The van der Waals surface area contributed by atoms with Crippen LogP contribution in [0.2, 0.25) is 5.15 Å². The van der Waals surface area contributed by atoms with Crippen LogP contribution in [0.25, 0.3) is 10.9 Å². The summed E-state index contributed by atoms with van der Waals surface area (Å²) in [5.74, 6) is 0.765. The average Bonchev–Trinajstić information content (AvgIpc) is 2.84. The molecule has 0 saturated carbocycles. The molecule has 1 amide bonds. The lowest BCUT2D eigenvalue weighted by Gasteiger charge is -2.45. The summed E-state index contributed by atoms with van der Waals surface area (Å²) in [6.45, 7) is 1.43. The first-order valence-electron chi connectivity index (χ1n) is 8.00. The van der Waals surface area contributed by atoms with Gasteiger partial charge in [-0.15, -0.1) is 0 Å². The summed E-state index contributed by atoms with van der Waals surface area (Å²) < 4.78 is 0. The number of carboxylic acid groups (broad SMARTS) is 1. The van der Waals surface area contributed by atoms with Crippen molar-refractivity contribution in [1.82, 2.24) is 15.2 Å². The summed E-state index contributed by atoms with van der Waals surface area (Å²) in [4.78, 5) is 16.4. The van der Waals surface area contributed by atoms with Crippen LogP contribution in [0, 0.1) is 5.92 Å². The Balaban J connectivity index is 1.71. The smallest absolute Gasteiger partial charge is 0.404 e. The molecule has 3 N–H and O–H groups in total. The lowest BCUT2D eigenvalue weighted by atomic mass is 9.72. The second kappa shape index (κ2) is 5.42. The molecule has 0 spiro atoms. The number of piperidine rings is 1. The average molecular weight is 334 g/mol. The van der Waals surface area contributed by atoms with Gasteiger partial charge in [-0.1, -0.05) is 23.7 Å². The number of amides is 1. The maximum absolute atomic E-state index is 10.8. The summed E-state index contributed by atoms with van der Waals surface area (Å²) in [5, 5.41) is 13.4. The number of nitrogens with one attached hydrogen (secondary N) is 2. The summed E-state index contributed by atoms with van der Waals surface area (Å²) in [5.41, 5.74) is 3.69. The van der Waals surface area contributed by atoms with Gasteiger partial charge in [-0.3, -0.25) is 0 Å². The second-order valence-electron chi connectivity index (χ2n) is 6.79. The van der Waals surface area contributed by atoms with Crippen LogP contribution in [0.4, 0.5) is 4.79 Å². The molecule has 1 unspecified atom stereocenters. The summed E-state index contributed by atoms with van der Waals surface area (Å²) in [6.07, 6.45) is 1.02. The minimum atomic E-state index is -0.944. The van der Waals surface area contributed by atoms with Crippen molar-refractivity contribution >= 4 is 28.6 Å². The zero-order valence-electron chi connectivity index (χ0n) is 13.0. The lowest BCUT2D eigenvalue weighted by molar-refractivity contribution is 0.110. The van der Waals surface area contributed by atoms with Crippen LogP contribution in [0.1, 0.15) is 23.5 Å². The van der Waals surface area contributed by atoms with Gasteiger partial charge < -0.3 is 20.3 Å². The molecule has 23 heavy (non-hydrogen) atoms. The van der Waals surface area contributed by atoms with Gasteiger partial charge >= 0.3 is 6.09 Å². The number of rotatable bonds is 2. The standard InChI is InChI=1S/C17H20ClN3O2/c1-21-8-9(7-19-17(22)23)5-11-10-3-2-4-13-15(10)12(6-14(11)21)16(18)20-13/h2-4,9,11,14,19-20H,5-8H2,1H3,(H,22,23)/t9?,11-,14-/m0/s1. The molecule has 1 fully saturated rings. The molecule has 1 aliphatic carbocycles. The quantitative estimate of drug-likeness (QED) is 0.791. The van der Waals surface area contributed by atoms with E-state index in [-0.39, 0.29) is 0 Å². The molecule has 2 aromatic rings. The van der Waals surface area contributed by atoms with Crippen LogP contribution in [-0.2, 0) is 6.42 Å². The number of fused-ring (bicyclic) bond motifs is 2. The van der Waals surface area contributed by atoms with Crippen LogP contribution in [-0.4, -0.2) is 47.3 Å². The van der Waals surface area contributed by atoms with E-state index in [0.717, 1.165) is 30.1 Å². The first kappa shape index (κ1) is 14.8. The van der Waals surface area contributed by atoms with E-state index in [1.54, 1.807) is 0 Å². The third-order valence-electron chi connectivity index (χ3n) is 5.43. The normalized spacial score (nSPS) is 27.0. The van der Waals surface area contributed by atoms with Gasteiger partial charge in [0.1, 0.15) is 5.15 Å². The molecule has 4 rings (SSSR count). The van der Waals surface area contributed by atoms with Gasteiger partial charge in [0, 0.05) is 36.0 Å². The monoisotopic (exact) mass is 333 g/mol. The maximum Gasteiger partial charge on any atom is 0.404 e. The number of H-pyrrole nitrogens is 1. The van der Waals surface area contributed by atoms with Crippen molar-refractivity contribution in [2.45, 2.75) is 24.8 Å². The fraction of sp³-hybridized carbons (Fsp3) is 0.471. The third kappa shape index (κ3) is 2.39. The SMILES string of the molecule is CN1CC(CNC(=O)O)C[C@H]2c3cccc4[nH]c(Cl)c(c34)C[C@@H]21. The van der Waals surface area contributed by atoms with E-state index >= 15 is 0 Å². The Kier molecular flexibility index (Phi) is 3.50. The maximum atomic E-state index is 10.8. The molecular weight excluding hydrogens is 314 g/mol. The third-order valence-corrected chi connectivity index (χ3v) is 5.75. The molecule has 1 saturated heterocycles. The molecule has 122 valence electrons. The highest BCUT2D eigenvalue weighted by Crippen LogP contribution is 2.46. The molecule has 1 aromatic carbocycles. The predicted molar refractivity (Wildman–Crippen MR) is 90.3 cm³/mol. The van der Waals surface area contributed by atoms with E-state index in [1.165, 1.54) is 16.5 Å². The molecule has 0 bridgehead atoms. The van der Waals surface area contributed by atoms with Gasteiger partial charge in [-0.25, -0.2) is 4.79 Å². The molecule has 1 aliphatic heterocycles. The largest absolute Gasteiger partial charge is 0.465 e. The fourth-order valence-electron chi connectivity index (χ4n) is 4.48. The molecule has 5 nitrogen and oxygen atoms in total. The Labute approximate surface area is 139 Å². The highest BCUT2D eigenvalue weighted by Gasteiger charge is 2.40. The number of aromatic nitrogens is 1. The Morgan fingerprint density at radius 1 is 1.52 bits per heavy atom. The van der Waals surface area contributed by atoms with Crippen LogP contribution < -0.4 is 5.32 Å². The van der Waals surface area contributed by atoms with Crippen molar-refractivity contribution in [3.63, 3.8) is 0 Å². The zero-order valence-corrected chi connectivity index (χ0v) is 13.7. The second-order valence-corrected chi connectivity index (χ2v) is 7.17. The van der Waals surface area contributed by atoms with Crippen molar-refractivity contribution in [1.29, 1.82) is 0 Å². The van der Waals surface area contributed by atoms with Gasteiger partial charge in [-0.2, -0.15) is 0 Å². The molecule has 6 heteroatoms. The minimum Gasteiger partial charge on any atom is -0.465 e. The number of hydrogen-bond acceptors (Lipinski definition) is 2. The van der Waals surface area contributed by atoms with Gasteiger partial charge in [-0.05, 0) is 43.0 Å². The first-order valence-corrected chi connectivity index (χ1v) is 8.38. The Hall–Kier alpha value is -1.72. The van der Waals surface area contributed by atoms with Gasteiger partial charge in [0.15, 0.2) is 0 Å². The number of benzene rings is 1. The van der Waals surface area contributed by atoms with Crippen LogP contribution >= 0.6 is 11.6 Å². The van der Waals surface area contributed by atoms with Crippen LogP contribution in [0.5, 0.6) is 0 Å². The fourth-order valence-corrected chi connectivity index (χ4v) is 4.75. The molecule has 1 aromatic heterocycles. The van der Waals surface area contributed by atoms with Crippen LogP contribution in [0.3, 0.4) is 0 Å². The number of likely N-dealkylation sites (tertiary alicyclic amines) is 1. The number of likely N-dealkylation sites (N-methyl/N-ethyl adjacent to an activating group) is 1. The minimum absolute atomic E-state index is 0.337. The number of halogens is 1. The van der Waals surface area contributed by atoms with Gasteiger partial charge in [0.2, 0.25) is 0 Å². The Morgan fingerprint density at radius 2 is 2.35 bits per heavy atom. The number of hydrogen-bond donors (Lipinski definition) is 3. The number of aromatic amines is 1. The molecular formula is C17H20ClN3O2. The van der Waals surface area contributed by atoms with E-state index in [4.69, 9.17) is 16.7 Å². The highest BCUT2D eigenvalue weighted by molar-refractivity contribution is 6.32. The van der Waals surface area contributed by atoms with Crippen molar-refractivity contribution < 1.29 is 9.90 Å². The Bertz CT molecular complexity index is 773. The predicted octanol–water partition coefficient (Wildman–Crippen LogP) is 3.05. The van der Waals surface area contributed by atoms with Gasteiger partial charge in [0.25, 0.3) is 0 Å². The van der Waals surface area contributed by atoms with E-state index < -0.39 is 6.09 Å². The van der Waals surface area contributed by atoms with Crippen molar-refractivity contribution in [2.75, 3.05) is 20.1 Å². The molecule has 0 radical (unpaired) electrons. The zero-order chi connectivity index (χ0) is 16.1. The molecule has 2 aliphatic rings. The Morgan fingerprint density at radius 3 is 3.13 bits per heavy atom. The molecule has 2 heterocycles. The number of carbonyl (C=O) groups is 1. The van der Waals surface area contributed by atoms with Gasteiger partial charge in [0.05, 0.1) is 0 Å². The van der Waals surface area contributed by atoms with Crippen molar-refractivity contribution in [3.8, 4) is 0 Å². The highest BCUT2D eigenvalue weighted by atomic mass is 35.5. The summed E-state index contributed by atoms with van der Waals surface area (Å²) in [7, 11) is 2.14. The molecule has 3 atom stereocenters.